The second-order valence-corrected chi connectivity index (χ2v) is 6.66. The van der Waals surface area contributed by atoms with Gasteiger partial charge in [0.2, 0.25) is 5.91 Å². The van der Waals surface area contributed by atoms with Crippen LogP contribution in [0.2, 0.25) is 5.02 Å². The predicted octanol–water partition coefficient (Wildman–Crippen LogP) is 4.00. The molecule has 0 aliphatic heterocycles. The third kappa shape index (κ3) is 5.21. The van der Waals surface area contributed by atoms with Gasteiger partial charge in [0.25, 0.3) is 0 Å². The number of carbonyl (C=O) groups excluding carboxylic acids is 1. The molecule has 0 saturated carbocycles. The van der Waals surface area contributed by atoms with E-state index in [-0.39, 0.29) is 11.9 Å². The lowest BCUT2D eigenvalue weighted by Crippen LogP contribution is -2.37. The molecule has 5 heteroatoms. The first kappa shape index (κ1) is 19.3. The number of ether oxygens (including phenoxy) is 1. The first-order valence-corrected chi connectivity index (χ1v) is 8.61. The minimum absolute atomic E-state index is 0.0304. The van der Waals surface area contributed by atoms with Crippen molar-refractivity contribution in [3.63, 3.8) is 0 Å². The summed E-state index contributed by atoms with van der Waals surface area (Å²) in [7, 11) is 5.39. The molecule has 2 rings (SSSR count). The highest BCUT2D eigenvalue weighted by Crippen LogP contribution is 2.24. The van der Waals surface area contributed by atoms with E-state index in [2.05, 4.69) is 0 Å². The fraction of sp³-hybridized carbons (Fsp3) is 0.350. The van der Waals surface area contributed by atoms with Crippen molar-refractivity contribution in [2.45, 2.75) is 19.5 Å². The van der Waals surface area contributed by atoms with Crippen LogP contribution in [-0.4, -0.2) is 43.5 Å². The number of carbonyl (C=O) groups is 1. The Morgan fingerprint density at radius 2 is 1.84 bits per heavy atom. The summed E-state index contributed by atoms with van der Waals surface area (Å²) in [5.41, 5.74) is 2.08. The van der Waals surface area contributed by atoms with E-state index in [0.717, 1.165) is 16.9 Å². The maximum atomic E-state index is 12.6. The molecule has 0 bridgehead atoms. The number of nitrogens with zero attached hydrogens (tertiary/aromatic N) is 2. The van der Waals surface area contributed by atoms with Crippen LogP contribution in [0.15, 0.2) is 48.5 Å². The lowest BCUT2D eigenvalue weighted by atomic mass is 10.1. The molecule has 1 amide bonds. The molecule has 4 nitrogen and oxygen atoms in total. The summed E-state index contributed by atoms with van der Waals surface area (Å²) in [6.07, 6.45) is 0. The Kier molecular flexibility index (Phi) is 6.85. The van der Waals surface area contributed by atoms with Gasteiger partial charge in [0.1, 0.15) is 5.75 Å². The molecule has 0 saturated heterocycles. The van der Waals surface area contributed by atoms with Crippen LogP contribution in [-0.2, 0) is 11.3 Å². The highest BCUT2D eigenvalue weighted by molar-refractivity contribution is 6.30. The van der Waals surface area contributed by atoms with Crippen molar-refractivity contribution in [3.8, 4) is 5.75 Å². The van der Waals surface area contributed by atoms with E-state index in [1.807, 2.05) is 68.4 Å². The molecular weight excluding hydrogens is 336 g/mol. The number of halogens is 1. The van der Waals surface area contributed by atoms with E-state index in [4.69, 9.17) is 16.3 Å². The number of hydrogen-bond donors (Lipinski definition) is 0. The SMILES string of the molecule is COc1ccc(Cl)cc1CN(C)CC(=O)N(C)C(C)c1ccccc1. The molecule has 0 spiro atoms. The van der Waals surface area contributed by atoms with Crippen molar-refractivity contribution >= 4 is 17.5 Å². The first-order valence-electron chi connectivity index (χ1n) is 8.24. The fourth-order valence-corrected chi connectivity index (χ4v) is 2.93. The van der Waals surface area contributed by atoms with Crippen LogP contribution in [0.3, 0.4) is 0 Å². The topological polar surface area (TPSA) is 32.8 Å². The summed E-state index contributed by atoms with van der Waals surface area (Å²) < 4.78 is 5.37. The van der Waals surface area contributed by atoms with Gasteiger partial charge in [0.05, 0.1) is 19.7 Å². The predicted molar refractivity (Wildman–Crippen MR) is 102 cm³/mol. The van der Waals surface area contributed by atoms with Crippen LogP contribution >= 0.6 is 11.6 Å². The van der Waals surface area contributed by atoms with Gasteiger partial charge in [0.15, 0.2) is 0 Å². The number of methoxy groups -OCH3 is 1. The summed E-state index contributed by atoms with van der Waals surface area (Å²) in [5.74, 6) is 0.842. The molecule has 0 fully saturated rings. The van der Waals surface area contributed by atoms with Gasteiger partial charge >= 0.3 is 0 Å². The van der Waals surface area contributed by atoms with Gasteiger partial charge in [-0.3, -0.25) is 9.69 Å². The lowest BCUT2D eigenvalue weighted by Gasteiger charge is -2.28. The van der Waals surface area contributed by atoms with Crippen LogP contribution < -0.4 is 4.74 Å². The molecule has 0 heterocycles. The Morgan fingerprint density at radius 3 is 2.48 bits per heavy atom. The molecule has 2 aromatic rings. The summed E-state index contributed by atoms with van der Waals surface area (Å²) in [6.45, 7) is 2.94. The zero-order valence-corrected chi connectivity index (χ0v) is 16.0. The average Bonchev–Trinajstić information content (AvgIpc) is 2.61. The number of amides is 1. The zero-order chi connectivity index (χ0) is 18.4. The summed E-state index contributed by atoms with van der Waals surface area (Å²) in [5, 5.41) is 0.658. The quantitative estimate of drug-likeness (QED) is 0.748. The van der Waals surface area contributed by atoms with Gasteiger partial charge in [-0.1, -0.05) is 41.9 Å². The van der Waals surface area contributed by atoms with E-state index in [0.29, 0.717) is 18.1 Å². The molecule has 0 aliphatic carbocycles. The van der Waals surface area contributed by atoms with Crippen molar-refractivity contribution < 1.29 is 9.53 Å². The normalized spacial score (nSPS) is 12.1. The molecule has 1 atom stereocenters. The van der Waals surface area contributed by atoms with Crippen LogP contribution in [0.5, 0.6) is 5.75 Å². The fourth-order valence-electron chi connectivity index (χ4n) is 2.73. The van der Waals surface area contributed by atoms with E-state index >= 15 is 0 Å². The summed E-state index contributed by atoms with van der Waals surface area (Å²) in [4.78, 5) is 16.3. The Morgan fingerprint density at radius 1 is 1.16 bits per heavy atom. The number of likely N-dealkylation sites (N-methyl/N-ethyl adjacent to an activating group) is 2. The molecule has 0 N–H and O–H groups in total. The number of benzene rings is 2. The molecule has 25 heavy (non-hydrogen) atoms. The number of hydrogen-bond acceptors (Lipinski definition) is 3. The third-order valence-corrected chi connectivity index (χ3v) is 4.58. The Hall–Kier alpha value is -2.04. The minimum Gasteiger partial charge on any atom is -0.496 e. The van der Waals surface area contributed by atoms with Crippen LogP contribution in [0.1, 0.15) is 24.1 Å². The highest BCUT2D eigenvalue weighted by atomic mass is 35.5. The van der Waals surface area contributed by atoms with Crippen LogP contribution in [0.4, 0.5) is 0 Å². The van der Waals surface area contributed by atoms with Crippen molar-refractivity contribution in [2.24, 2.45) is 0 Å². The molecular formula is C20H25ClN2O2. The van der Waals surface area contributed by atoms with Gasteiger partial charge < -0.3 is 9.64 Å². The van der Waals surface area contributed by atoms with Gasteiger partial charge in [0, 0.05) is 24.2 Å². The van der Waals surface area contributed by atoms with E-state index in [1.165, 1.54) is 0 Å². The largest absolute Gasteiger partial charge is 0.496 e. The highest BCUT2D eigenvalue weighted by Gasteiger charge is 2.19. The lowest BCUT2D eigenvalue weighted by molar-refractivity contribution is -0.132. The Balaban J connectivity index is 1.99. The molecule has 2 aromatic carbocycles. The Labute approximate surface area is 155 Å². The average molecular weight is 361 g/mol. The summed E-state index contributed by atoms with van der Waals surface area (Å²) in [6, 6.07) is 15.6. The van der Waals surface area contributed by atoms with Gasteiger partial charge in [-0.15, -0.1) is 0 Å². The second-order valence-electron chi connectivity index (χ2n) is 6.22. The van der Waals surface area contributed by atoms with Crippen LogP contribution in [0, 0.1) is 0 Å². The molecule has 0 aliphatic rings. The third-order valence-electron chi connectivity index (χ3n) is 4.34. The molecule has 1 unspecified atom stereocenters. The van der Waals surface area contributed by atoms with E-state index in [1.54, 1.807) is 18.1 Å². The maximum absolute atomic E-state index is 12.6. The van der Waals surface area contributed by atoms with E-state index < -0.39 is 0 Å². The Bertz CT molecular complexity index is 706. The second kappa shape index (κ2) is 8.88. The molecule has 0 aromatic heterocycles. The van der Waals surface area contributed by atoms with E-state index in [9.17, 15) is 4.79 Å². The summed E-state index contributed by atoms with van der Waals surface area (Å²) >= 11 is 6.07. The smallest absolute Gasteiger partial charge is 0.236 e. The van der Waals surface area contributed by atoms with Gasteiger partial charge in [-0.25, -0.2) is 0 Å². The zero-order valence-electron chi connectivity index (χ0n) is 15.2. The van der Waals surface area contributed by atoms with Gasteiger partial charge in [-0.05, 0) is 37.7 Å². The first-order chi connectivity index (χ1) is 11.9. The minimum atomic E-state index is 0.0304. The van der Waals surface area contributed by atoms with Crippen molar-refractivity contribution in [1.29, 1.82) is 0 Å². The standard InChI is InChI=1S/C20H25ClN2O2/c1-15(16-8-6-5-7-9-16)23(3)20(24)14-22(2)13-17-12-18(21)10-11-19(17)25-4/h5-12,15H,13-14H2,1-4H3. The van der Waals surface area contributed by atoms with Crippen molar-refractivity contribution in [1.82, 2.24) is 9.80 Å². The van der Waals surface area contributed by atoms with Crippen molar-refractivity contribution in [3.05, 3.63) is 64.7 Å². The molecule has 0 radical (unpaired) electrons. The van der Waals surface area contributed by atoms with Gasteiger partial charge in [-0.2, -0.15) is 0 Å². The monoisotopic (exact) mass is 360 g/mol. The maximum Gasteiger partial charge on any atom is 0.236 e. The van der Waals surface area contributed by atoms with Crippen molar-refractivity contribution in [2.75, 3.05) is 27.7 Å². The molecule has 134 valence electrons. The number of rotatable bonds is 7. The van der Waals surface area contributed by atoms with Crippen LogP contribution in [0.25, 0.3) is 0 Å².